The van der Waals surface area contributed by atoms with Crippen LogP contribution in [0.25, 0.3) is 0 Å². The molecule has 0 radical (unpaired) electrons. The lowest BCUT2D eigenvalue weighted by molar-refractivity contribution is 0.0989. The highest BCUT2D eigenvalue weighted by molar-refractivity contribution is 7.12. The molecule has 0 fully saturated rings. The summed E-state index contributed by atoms with van der Waals surface area (Å²) >= 11 is 3.01. The maximum Gasteiger partial charge on any atom is 0.268 e. The van der Waals surface area contributed by atoms with E-state index in [0.29, 0.717) is 17.1 Å². The van der Waals surface area contributed by atoms with Crippen LogP contribution in [0.15, 0.2) is 59.3 Å². The topological polar surface area (TPSA) is 20.3 Å². The van der Waals surface area contributed by atoms with Gasteiger partial charge in [0.15, 0.2) is 0 Å². The second-order valence-corrected chi connectivity index (χ2v) is 6.40. The zero-order chi connectivity index (χ0) is 14.7. The van der Waals surface area contributed by atoms with Crippen LogP contribution in [0.1, 0.15) is 14.5 Å². The van der Waals surface area contributed by atoms with Gasteiger partial charge < -0.3 is 4.90 Å². The van der Waals surface area contributed by atoms with Gasteiger partial charge in [-0.2, -0.15) is 0 Å². The minimum Gasteiger partial charge on any atom is -0.302 e. The standard InChI is InChI=1S/C16H12FNOS2/c17-12-5-7-13(8-6-12)18(11-14-3-1-9-20-14)16(19)15-4-2-10-21-15/h1-10H,11H2. The minimum atomic E-state index is -0.307. The van der Waals surface area contributed by atoms with E-state index in [1.165, 1.54) is 23.5 Å². The van der Waals surface area contributed by atoms with E-state index in [4.69, 9.17) is 0 Å². The van der Waals surface area contributed by atoms with Gasteiger partial charge in [0, 0.05) is 10.6 Å². The van der Waals surface area contributed by atoms with E-state index < -0.39 is 0 Å². The average molecular weight is 317 g/mol. The monoisotopic (exact) mass is 317 g/mol. The Bertz CT molecular complexity index is 705. The van der Waals surface area contributed by atoms with Gasteiger partial charge in [0.25, 0.3) is 5.91 Å². The molecular formula is C16H12FNOS2. The third kappa shape index (κ3) is 3.20. The average Bonchev–Trinajstić information content (AvgIpc) is 3.18. The Morgan fingerprint density at radius 2 is 1.71 bits per heavy atom. The van der Waals surface area contributed by atoms with Crippen molar-refractivity contribution in [2.24, 2.45) is 0 Å². The van der Waals surface area contributed by atoms with Crippen LogP contribution in [0.5, 0.6) is 0 Å². The number of amides is 1. The molecule has 0 spiro atoms. The van der Waals surface area contributed by atoms with Crippen LogP contribution in [0.2, 0.25) is 0 Å². The third-order valence-corrected chi connectivity index (χ3v) is 4.73. The van der Waals surface area contributed by atoms with Gasteiger partial charge >= 0.3 is 0 Å². The number of carbonyl (C=O) groups excluding carboxylic acids is 1. The van der Waals surface area contributed by atoms with Crippen LogP contribution in [0.3, 0.4) is 0 Å². The Balaban J connectivity index is 1.94. The van der Waals surface area contributed by atoms with Gasteiger partial charge in [0.2, 0.25) is 0 Å². The maximum absolute atomic E-state index is 13.1. The molecule has 1 aromatic carbocycles. The number of carbonyl (C=O) groups is 1. The normalized spacial score (nSPS) is 10.5. The first-order valence-corrected chi connectivity index (χ1v) is 8.13. The first-order chi connectivity index (χ1) is 10.2. The molecule has 0 bridgehead atoms. The molecule has 0 unspecified atom stereocenters. The molecule has 106 valence electrons. The van der Waals surface area contributed by atoms with Crippen LogP contribution in [-0.2, 0) is 6.54 Å². The van der Waals surface area contributed by atoms with E-state index in [1.54, 1.807) is 34.4 Å². The predicted molar refractivity (Wildman–Crippen MR) is 85.6 cm³/mol. The Hall–Kier alpha value is -1.98. The van der Waals surface area contributed by atoms with Gasteiger partial charge in [-0.05, 0) is 47.2 Å². The fourth-order valence-electron chi connectivity index (χ4n) is 1.99. The van der Waals surface area contributed by atoms with Crippen LogP contribution < -0.4 is 4.90 Å². The molecule has 3 aromatic rings. The highest BCUT2D eigenvalue weighted by atomic mass is 32.1. The second kappa shape index (κ2) is 6.20. The Labute approximate surface area is 130 Å². The van der Waals surface area contributed by atoms with Gasteiger partial charge in [0.1, 0.15) is 5.82 Å². The lowest BCUT2D eigenvalue weighted by atomic mass is 10.2. The molecule has 0 N–H and O–H groups in total. The fraction of sp³-hybridized carbons (Fsp3) is 0.0625. The van der Waals surface area contributed by atoms with E-state index >= 15 is 0 Å². The number of anilines is 1. The summed E-state index contributed by atoms with van der Waals surface area (Å²) in [6.07, 6.45) is 0. The van der Waals surface area contributed by atoms with E-state index in [0.717, 1.165) is 4.88 Å². The van der Waals surface area contributed by atoms with Crippen LogP contribution in [0, 0.1) is 5.82 Å². The van der Waals surface area contributed by atoms with Gasteiger partial charge in [0.05, 0.1) is 11.4 Å². The summed E-state index contributed by atoms with van der Waals surface area (Å²) in [6.45, 7) is 0.486. The number of benzene rings is 1. The number of thiophene rings is 2. The molecule has 21 heavy (non-hydrogen) atoms. The molecule has 2 heterocycles. The van der Waals surface area contributed by atoms with Crippen molar-refractivity contribution in [2.75, 3.05) is 4.90 Å². The van der Waals surface area contributed by atoms with Crippen molar-refractivity contribution in [3.63, 3.8) is 0 Å². The molecule has 5 heteroatoms. The summed E-state index contributed by atoms with van der Waals surface area (Å²) in [4.78, 5) is 16.1. The molecule has 2 nitrogen and oxygen atoms in total. The maximum atomic E-state index is 13.1. The van der Waals surface area contributed by atoms with Crippen molar-refractivity contribution in [1.82, 2.24) is 0 Å². The van der Waals surface area contributed by atoms with Crippen molar-refractivity contribution in [2.45, 2.75) is 6.54 Å². The lowest BCUT2D eigenvalue weighted by Gasteiger charge is -2.21. The van der Waals surface area contributed by atoms with Crippen molar-refractivity contribution in [3.05, 3.63) is 74.9 Å². The van der Waals surface area contributed by atoms with E-state index in [-0.39, 0.29) is 11.7 Å². The zero-order valence-corrected chi connectivity index (χ0v) is 12.7. The number of rotatable bonds is 4. The Morgan fingerprint density at radius 3 is 2.33 bits per heavy atom. The number of hydrogen-bond acceptors (Lipinski definition) is 3. The van der Waals surface area contributed by atoms with Gasteiger partial charge in [-0.1, -0.05) is 12.1 Å². The molecular weight excluding hydrogens is 305 g/mol. The molecule has 3 rings (SSSR count). The SMILES string of the molecule is O=C(c1cccs1)N(Cc1cccs1)c1ccc(F)cc1. The van der Waals surface area contributed by atoms with Crippen LogP contribution in [0.4, 0.5) is 10.1 Å². The van der Waals surface area contributed by atoms with Gasteiger partial charge in [-0.3, -0.25) is 4.79 Å². The highest BCUT2D eigenvalue weighted by Gasteiger charge is 2.19. The Morgan fingerprint density at radius 1 is 1.00 bits per heavy atom. The summed E-state index contributed by atoms with van der Waals surface area (Å²) < 4.78 is 13.1. The van der Waals surface area contributed by atoms with E-state index in [9.17, 15) is 9.18 Å². The van der Waals surface area contributed by atoms with Crippen molar-refractivity contribution in [3.8, 4) is 0 Å². The molecule has 0 aliphatic carbocycles. The molecule has 1 amide bonds. The first-order valence-electron chi connectivity index (χ1n) is 6.37. The quantitative estimate of drug-likeness (QED) is 0.677. The fourth-order valence-corrected chi connectivity index (χ4v) is 3.36. The highest BCUT2D eigenvalue weighted by Crippen LogP contribution is 2.24. The number of halogens is 1. The second-order valence-electron chi connectivity index (χ2n) is 4.42. The molecule has 0 saturated heterocycles. The van der Waals surface area contributed by atoms with Crippen molar-refractivity contribution in [1.29, 1.82) is 0 Å². The van der Waals surface area contributed by atoms with Gasteiger partial charge in [-0.15, -0.1) is 22.7 Å². The molecule has 0 aliphatic heterocycles. The lowest BCUT2D eigenvalue weighted by Crippen LogP contribution is -2.29. The number of nitrogens with zero attached hydrogens (tertiary/aromatic N) is 1. The third-order valence-electron chi connectivity index (χ3n) is 3.01. The van der Waals surface area contributed by atoms with Crippen LogP contribution >= 0.6 is 22.7 Å². The summed E-state index contributed by atoms with van der Waals surface area (Å²) in [7, 11) is 0. The Kier molecular flexibility index (Phi) is 4.13. The predicted octanol–water partition coefficient (Wildman–Crippen LogP) is 4.80. The van der Waals surface area contributed by atoms with E-state index in [1.807, 2.05) is 29.0 Å². The zero-order valence-electron chi connectivity index (χ0n) is 11.0. The smallest absolute Gasteiger partial charge is 0.268 e. The summed E-state index contributed by atoms with van der Waals surface area (Å²) in [5.74, 6) is -0.372. The van der Waals surface area contributed by atoms with E-state index in [2.05, 4.69) is 0 Å². The summed E-state index contributed by atoms with van der Waals surface area (Å²) in [6, 6.07) is 13.6. The molecule has 2 aromatic heterocycles. The van der Waals surface area contributed by atoms with Gasteiger partial charge in [-0.25, -0.2) is 4.39 Å². The van der Waals surface area contributed by atoms with Crippen LogP contribution in [-0.4, -0.2) is 5.91 Å². The summed E-state index contributed by atoms with van der Waals surface area (Å²) in [5, 5.41) is 3.86. The molecule has 0 saturated carbocycles. The number of hydrogen-bond donors (Lipinski definition) is 0. The van der Waals surface area contributed by atoms with Crippen molar-refractivity contribution < 1.29 is 9.18 Å². The minimum absolute atomic E-state index is 0.0648. The largest absolute Gasteiger partial charge is 0.302 e. The summed E-state index contributed by atoms with van der Waals surface area (Å²) in [5.41, 5.74) is 0.697. The first kappa shape index (κ1) is 14.0. The molecule has 0 atom stereocenters. The van der Waals surface area contributed by atoms with Crippen molar-refractivity contribution >= 4 is 34.3 Å². The molecule has 0 aliphatic rings.